The minimum absolute atomic E-state index is 0.0512. The summed E-state index contributed by atoms with van der Waals surface area (Å²) in [4.78, 5) is 12.5. The highest BCUT2D eigenvalue weighted by Crippen LogP contribution is 2.33. The number of ether oxygens (including phenoxy) is 2. The Bertz CT molecular complexity index is 989. The number of anilines is 1. The highest BCUT2D eigenvalue weighted by molar-refractivity contribution is 7.89. The van der Waals surface area contributed by atoms with Crippen LogP contribution in [0.3, 0.4) is 0 Å². The zero-order chi connectivity index (χ0) is 21.7. The number of rotatable bonds is 7. The molecule has 0 radical (unpaired) electrons. The first kappa shape index (κ1) is 22.2. The maximum absolute atomic E-state index is 13.2. The first-order valence-corrected chi connectivity index (χ1v) is 11.2. The average molecular weight is 437 g/mol. The Kier molecular flexibility index (Phi) is 7.06. The third-order valence-corrected chi connectivity index (χ3v) is 6.81. The second-order valence-electron chi connectivity index (χ2n) is 7.03. The fourth-order valence-electron chi connectivity index (χ4n) is 2.86. The van der Waals surface area contributed by atoms with Gasteiger partial charge in [0.1, 0.15) is 11.6 Å². The van der Waals surface area contributed by atoms with E-state index in [1.807, 2.05) is 6.92 Å². The molecule has 0 spiro atoms. The summed E-state index contributed by atoms with van der Waals surface area (Å²) in [5, 5.41) is 2.76. The molecular formula is C21H25FN2O5S. The van der Waals surface area contributed by atoms with Gasteiger partial charge in [0.25, 0.3) is 0 Å². The molecular weight excluding hydrogens is 411 g/mol. The zero-order valence-corrected chi connectivity index (χ0v) is 17.7. The number of sulfonamides is 1. The summed E-state index contributed by atoms with van der Waals surface area (Å²) in [6.07, 6.45) is 0.631. The van der Waals surface area contributed by atoms with Crippen molar-refractivity contribution in [1.29, 1.82) is 0 Å². The highest BCUT2D eigenvalue weighted by atomic mass is 32.2. The Morgan fingerprint density at radius 2 is 1.87 bits per heavy atom. The summed E-state index contributed by atoms with van der Waals surface area (Å²) in [6.45, 7) is 4.88. The predicted molar refractivity (Wildman–Crippen MR) is 111 cm³/mol. The van der Waals surface area contributed by atoms with Crippen LogP contribution in [0.5, 0.6) is 11.5 Å². The molecule has 3 rings (SSSR count). The Balaban J connectivity index is 1.95. The molecule has 1 heterocycles. The van der Waals surface area contributed by atoms with Crippen LogP contribution in [0.25, 0.3) is 0 Å². The van der Waals surface area contributed by atoms with Crippen molar-refractivity contribution in [3.63, 3.8) is 0 Å². The van der Waals surface area contributed by atoms with Gasteiger partial charge in [-0.15, -0.1) is 0 Å². The lowest BCUT2D eigenvalue weighted by Crippen LogP contribution is -2.40. The van der Waals surface area contributed by atoms with Crippen LogP contribution in [0.4, 0.5) is 10.1 Å². The van der Waals surface area contributed by atoms with Crippen LogP contribution >= 0.6 is 0 Å². The number of amides is 1. The average Bonchev–Trinajstić information content (AvgIpc) is 2.76. The van der Waals surface area contributed by atoms with Gasteiger partial charge in [-0.1, -0.05) is 13.8 Å². The Labute approximate surface area is 175 Å². The number of morpholine rings is 1. The molecule has 1 unspecified atom stereocenters. The van der Waals surface area contributed by atoms with E-state index in [0.29, 0.717) is 25.4 Å². The molecule has 0 aliphatic carbocycles. The van der Waals surface area contributed by atoms with Crippen LogP contribution in [0.2, 0.25) is 0 Å². The number of nitrogens with one attached hydrogen (secondary N) is 1. The van der Waals surface area contributed by atoms with Gasteiger partial charge in [-0.25, -0.2) is 12.8 Å². The minimum atomic E-state index is -3.74. The molecule has 1 aliphatic heterocycles. The third-order valence-electron chi connectivity index (χ3n) is 4.92. The molecule has 0 aromatic heterocycles. The van der Waals surface area contributed by atoms with Crippen LogP contribution in [0.1, 0.15) is 20.3 Å². The number of hydrogen-bond acceptors (Lipinski definition) is 5. The lowest BCUT2D eigenvalue weighted by atomic mass is 10.1. The quantitative estimate of drug-likeness (QED) is 0.717. The monoisotopic (exact) mass is 436 g/mol. The summed E-state index contributed by atoms with van der Waals surface area (Å²) < 4.78 is 51.5. The van der Waals surface area contributed by atoms with E-state index < -0.39 is 15.8 Å². The Morgan fingerprint density at radius 3 is 2.50 bits per heavy atom. The summed E-state index contributed by atoms with van der Waals surface area (Å²) in [5.74, 6) is -0.288. The van der Waals surface area contributed by atoms with E-state index in [4.69, 9.17) is 9.47 Å². The minimum Gasteiger partial charge on any atom is -0.455 e. The van der Waals surface area contributed by atoms with E-state index in [1.54, 1.807) is 6.92 Å². The van der Waals surface area contributed by atoms with Crippen molar-refractivity contribution in [2.24, 2.45) is 5.92 Å². The molecule has 30 heavy (non-hydrogen) atoms. The number of carbonyl (C=O) groups excluding carboxylic acids is 1. The highest BCUT2D eigenvalue weighted by Gasteiger charge is 2.27. The number of benzene rings is 2. The predicted octanol–water partition coefficient (Wildman–Crippen LogP) is 3.62. The SMILES string of the molecule is CCC(C)C(=O)Nc1cc(S(=O)(=O)N2CCOCC2)ccc1Oc1ccc(F)cc1. The van der Waals surface area contributed by atoms with Gasteiger partial charge in [-0.3, -0.25) is 4.79 Å². The fraction of sp³-hybridized carbons (Fsp3) is 0.381. The Morgan fingerprint density at radius 1 is 1.20 bits per heavy atom. The molecule has 0 bridgehead atoms. The normalized spacial score (nSPS) is 16.1. The van der Waals surface area contributed by atoms with Crippen molar-refractivity contribution < 1.29 is 27.1 Å². The van der Waals surface area contributed by atoms with Crippen molar-refractivity contribution in [3.05, 3.63) is 48.3 Å². The fourth-order valence-corrected chi connectivity index (χ4v) is 4.30. The molecule has 1 atom stereocenters. The Hall–Kier alpha value is -2.49. The molecule has 0 saturated carbocycles. The molecule has 1 N–H and O–H groups in total. The van der Waals surface area contributed by atoms with Gasteiger partial charge in [-0.05, 0) is 48.9 Å². The van der Waals surface area contributed by atoms with Crippen LogP contribution in [0.15, 0.2) is 47.4 Å². The topological polar surface area (TPSA) is 84.9 Å². The van der Waals surface area contributed by atoms with Crippen molar-refractivity contribution >= 4 is 21.6 Å². The van der Waals surface area contributed by atoms with Gasteiger partial charge >= 0.3 is 0 Å². The van der Waals surface area contributed by atoms with E-state index in [1.165, 1.54) is 46.8 Å². The lowest BCUT2D eigenvalue weighted by Gasteiger charge is -2.26. The van der Waals surface area contributed by atoms with Gasteiger partial charge in [-0.2, -0.15) is 4.31 Å². The molecule has 1 aliphatic rings. The van der Waals surface area contributed by atoms with Gasteiger partial charge in [0.05, 0.1) is 23.8 Å². The van der Waals surface area contributed by atoms with Crippen LogP contribution in [0, 0.1) is 11.7 Å². The zero-order valence-electron chi connectivity index (χ0n) is 16.9. The first-order valence-electron chi connectivity index (χ1n) is 9.77. The standard InChI is InChI=1S/C21H25FN2O5S/c1-3-15(2)21(25)23-19-14-18(30(26,27)24-10-12-28-13-11-24)8-9-20(19)29-17-6-4-16(22)5-7-17/h4-9,14-15H,3,10-13H2,1-2H3,(H,23,25). The number of hydrogen-bond donors (Lipinski definition) is 1. The van der Waals surface area contributed by atoms with Crippen molar-refractivity contribution in [2.75, 3.05) is 31.6 Å². The molecule has 162 valence electrons. The van der Waals surface area contributed by atoms with Gasteiger partial charge in [0, 0.05) is 19.0 Å². The van der Waals surface area contributed by atoms with Gasteiger partial charge < -0.3 is 14.8 Å². The summed E-state index contributed by atoms with van der Waals surface area (Å²) >= 11 is 0. The molecule has 9 heteroatoms. The van der Waals surface area contributed by atoms with E-state index in [-0.39, 0.29) is 41.2 Å². The molecule has 2 aromatic carbocycles. The van der Waals surface area contributed by atoms with Crippen molar-refractivity contribution in [3.8, 4) is 11.5 Å². The van der Waals surface area contributed by atoms with E-state index in [9.17, 15) is 17.6 Å². The second kappa shape index (κ2) is 9.55. The maximum Gasteiger partial charge on any atom is 0.243 e. The third kappa shape index (κ3) is 5.16. The van der Waals surface area contributed by atoms with Crippen molar-refractivity contribution in [2.45, 2.75) is 25.2 Å². The molecule has 2 aromatic rings. The van der Waals surface area contributed by atoms with E-state index in [2.05, 4.69) is 5.32 Å². The molecule has 1 fully saturated rings. The van der Waals surface area contributed by atoms with Crippen LogP contribution in [-0.2, 0) is 19.6 Å². The molecule has 1 saturated heterocycles. The van der Waals surface area contributed by atoms with Crippen LogP contribution < -0.4 is 10.1 Å². The number of nitrogens with zero attached hydrogens (tertiary/aromatic N) is 1. The molecule has 1 amide bonds. The lowest BCUT2D eigenvalue weighted by molar-refractivity contribution is -0.119. The van der Waals surface area contributed by atoms with E-state index in [0.717, 1.165) is 0 Å². The van der Waals surface area contributed by atoms with E-state index >= 15 is 0 Å². The number of halogens is 1. The van der Waals surface area contributed by atoms with Gasteiger partial charge in [0.15, 0.2) is 5.75 Å². The maximum atomic E-state index is 13.2. The second-order valence-corrected chi connectivity index (χ2v) is 8.97. The summed E-state index contributed by atoms with van der Waals surface area (Å²) in [6, 6.07) is 9.73. The largest absolute Gasteiger partial charge is 0.455 e. The summed E-state index contributed by atoms with van der Waals surface area (Å²) in [7, 11) is -3.74. The van der Waals surface area contributed by atoms with Gasteiger partial charge in [0.2, 0.25) is 15.9 Å². The smallest absolute Gasteiger partial charge is 0.243 e. The summed E-state index contributed by atoms with van der Waals surface area (Å²) in [5.41, 5.74) is 0.235. The van der Waals surface area contributed by atoms with Crippen molar-refractivity contribution in [1.82, 2.24) is 4.31 Å². The first-order chi connectivity index (χ1) is 14.3. The number of carbonyl (C=O) groups is 1. The molecule has 7 nitrogen and oxygen atoms in total. The van der Waals surface area contributed by atoms with Crippen LogP contribution in [-0.4, -0.2) is 44.9 Å².